The molecule has 27 heavy (non-hydrogen) atoms. The molecular weight excluding hydrogens is 344 g/mol. The highest BCUT2D eigenvalue weighted by atomic mass is 16.5. The van der Waals surface area contributed by atoms with Crippen molar-refractivity contribution in [1.29, 1.82) is 0 Å². The summed E-state index contributed by atoms with van der Waals surface area (Å²) in [7, 11) is 3.14. The first-order chi connectivity index (χ1) is 13.0. The molecule has 0 atom stereocenters. The Labute approximate surface area is 160 Å². The zero-order valence-corrected chi connectivity index (χ0v) is 16.2. The van der Waals surface area contributed by atoms with Crippen LogP contribution >= 0.6 is 0 Å². The average molecular weight is 370 g/mol. The van der Waals surface area contributed by atoms with Crippen LogP contribution in [0.5, 0.6) is 11.5 Å². The van der Waals surface area contributed by atoms with Crippen LogP contribution in [0.1, 0.15) is 25.0 Å². The monoisotopic (exact) mass is 370 g/mol. The summed E-state index contributed by atoms with van der Waals surface area (Å²) in [5.74, 6) is 0.834. The van der Waals surface area contributed by atoms with E-state index in [2.05, 4.69) is 5.32 Å². The van der Waals surface area contributed by atoms with E-state index in [4.69, 9.17) is 9.47 Å². The lowest BCUT2D eigenvalue weighted by Gasteiger charge is -2.23. The number of ether oxygens (including phenoxy) is 2. The number of benzene rings is 2. The van der Waals surface area contributed by atoms with Crippen molar-refractivity contribution in [1.82, 2.24) is 5.32 Å². The minimum absolute atomic E-state index is 0.0281. The van der Waals surface area contributed by atoms with Gasteiger partial charge in [0.2, 0.25) is 11.8 Å². The van der Waals surface area contributed by atoms with Crippen molar-refractivity contribution in [3.05, 3.63) is 53.6 Å². The topological polar surface area (TPSA) is 67.9 Å². The summed E-state index contributed by atoms with van der Waals surface area (Å²) in [6, 6.07) is 13.1. The molecular formula is C21H26N2O4. The SMILES string of the molecule is CCc1ccccc1N(CC(=O)NCc1ccc(OC)c(OC)c1)C(C)=O. The van der Waals surface area contributed by atoms with Crippen molar-refractivity contribution < 1.29 is 19.1 Å². The maximum Gasteiger partial charge on any atom is 0.240 e. The molecule has 1 N–H and O–H groups in total. The van der Waals surface area contributed by atoms with E-state index in [0.717, 1.165) is 23.2 Å². The van der Waals surface area contributed by atoms with E-state index in [-0.39, 0.29) is 18.4 Å². The van der Waals surface area contributed by atoms with Gasteiger partial charge in [-0.3, -0.25) is 9.59 Å². The van der Waals surface area contributed by atoms with E-state index in [1.165, 1.54) is 11.8 Å². The summed E-state index contributed by atoms with van der Waals surface area (Å²) < 4.78 is 10.5. The second kappa shape index (κ2) is 9.62. The highest BCUT2D eigenvalue weighted by Gasteiger charge is 2.18. The fourth-order valence-electron chi connectivity index (χ4n) is 2.83. The zero-order valence-electron chi connectivity index (χ0n) is 16.2. The number of para-hydroxylation sites is 1. The number of carbonyl (C=O) groups is 2. The van der Waals surface area contributed by atoms with Crippen LogP contribution in [0.15, 0.2) is 42.5 Å². The molecule has 0 aliphatic heterocycles. The third kappa shape index (κ3) is 5.23. The lowest BCUT2D eigenvalue weighted by Crippen LogP contribution is -2.40. The Bertz CT molecular complexity index is 805. The summed E-state index contributed by atoms with van der Waals surface area (Å²) in [6.45, 7) is 3.79. The first-order valence-corrected chi connectivity index (χ1v) is 8.83. The molecule has 144 valence electrons. The first-order valence-electron chi connectivity index (χ1n) is 8.83. The molecule has 2 amide bonds. The normalized spacial score (nSPS) is 10.2. The fourth-order valence-corrected chi connectivity index (χ4v) is 2.83. The van der Waals surface area contributed by atoms with Gasteiger partial charge in [0.05, 0.1) is 14.2 Å². The van der Waals surface area contributed by atoms with Gasteiger partial charge in [-0.25, -0.2) is 0 Å². The lowest BCUT2D eigenvalue weighted by molar-refractivity contribution is -0.123. The third-order valence-electron chi connectivity index (χ3n) is 4.28. The van der Waals surface area contributed by atoms with Gasteiger partial charge in [-0.05, 0) is 35.7 Å². The van der Waals surface area contributed by atoms with Crippen LogP contribution in [0.3, 0.4) is 0 Å². The van der Waals surface area contributed by atoms with Gasteiger partial charge in [0.15, 0.2) is 11.5 Å². The van der Waals surface area contributed by atoms with Crippen molar-refractivity contribution in [3.63, 3.8) is 0 Å². The Hall–Kier alpha value is -3.02. The van der Waals surface area contributed by atoms with Crippen LogP contribution in [0.4, 0.5) is 5.69 Å². The Morgan fingerprint density at radius 2 is 1.74 bits per heavy atom. The van der Waals surface area contributed by atoms with Gasteiger partial charge in [0, 0.05) is 19.2 Å². The van der Waals surface area contributed by atoms with Crippen LogP contribution < -0.4 is 19.7 Å². The van der Waals surface area contributed by atoms with Gasteiger partial charge in [-0.2, -0.15) is 0 Å². The highest BCUT2D eigenvalue weighted by Crippen LogP contribution is 2.27. The van der Waals surface area contributed by atoms with Crippen LogP contribution in [-0.4, -0.2) is 32.6 Å². The van der Waals surface area contributed by atoms with E-state index < -0.39 is 0 Å². The van der Waals surface area contributed by atoms with Crippen molar-refractivity contribution in [2.24, 2.45) is 0 Å². The number of nitrogens with zero attached hydrogens (tertiary/aromatic N) is 1. The predicted molar refractivity (Wildman–Crippen MR) is 105 cm³/mol. The minimum Gasteiger partial charge on any atom is -0.493 e. The molecule has 0 fully saturated rings. The van der Waals surface area contributed by atoms with Gasteiger partial charge in [-0.1, -0.05) is 31.2 Å². The van der Waals surface area contributed by atoms with Gasteiger partial charge in [-0.15, -0.1) is 0 Å². The number of amides is 2. The van der Waals surface area contributed by atoms with Gasteiger partial charge in [0.1, 0.15) is 6.54 Å². The highest BCUT2D eigenvalue weighted by molar-refractivity contribution is 5.98. The first kappa shape index (κ1) is 20.3. The molecule has 6 nitrogen and oxygen atoms in total. The molecule has 2 aromatic rings. The maximum atomic E-state index is 12.4. The Balaban J connectivity index is 2.06. The van der Waals surface area contributed by atoms with E-state index in [0.29, 0.717) is 18.0 Å². The summed E-state index contributed by atoms with van der Waals surface area (Å²) in [4.78, 5) is 26.0. The standard InChI is InChI=1S/C21H26N2O4/c1-5-17-8-6-7-9-18(17)23(15(2)24)14-21(25)22-13-16-10-11-19(26-3)20(12-16)27-4/h6-12H,5,13-14H2,1-4H3,(H,22,25). The van der Waals surface area contributed by atoms with Crippen molar-refractivity contribution in [2.45, 2.75) is 26.8 Å². The molecule has 0 aliphatic carbocycles. The van der Waals surface area contributed by atoms with E-state index in [9.17, 15) is 9.59 Å². The quantitative estimate of drug-likeness (QED) is 0.776. The van der Waals surface area contributed by atoms with Crippen LogP contribution in [0.25, 0.3) is 0 Å². The third-order valence-corrected chi connectivity index (χ3v) is 4.28. The number of anilines is 1. The number of carbonyl (C=O) groups excluding carboxylic acids is 2. The molecule has 0 aliphatic rings. The fraction of sp³-hybridized carbons (Fsp3) is 0.333. The molecule has 0 heterocycles. The van der Waals surface area contributed by atoms with Gasteiger partial charge in [0.25, 0.3) is 0 Å². The molecule has 2 rings (SSSR count). The number of rotatable bonds is 8. The molecule has 0 bridgehead atoms. The Kier molecular flexibility index (Phi) is 7.23. The summed E-state index contributed by atoms with van der Waals surface area (Å²) in [5, 5.41) is 2.85. The number of hydrogen-bond donors (Lipinski definition) is 1. The lowest BCUT2D eigenvalue weighted by atomic mass is 10.1. The maximum absolute atomic E-state index is 12.4. The van der Waals surface area contributed by atoms with Crippen molar-refractivity contribution >= 4 is 17.5 Å². The molecule has 0 aromatic heterocycles. The molecule has 0 radical (unpaired) electrons. The molecule has 0 unspecified atom stereocenters. The molecule has 6 heteroatoms. The van der Waals surface area contributed by atoms with Gasteiger partial charge >= 0.3 is 0 Å². The number of methoxy groups -OCH3 is 2. The second-order valence-electron chi connectivity index (χ2n) is 6.05. The number of nitrogens with one attached hydrogen (secondary N) is 1. The zero-order chi connectivity index (χ0) is 19.8. The largest absolute Gasteiger partial charge is 0.493 e. The molecule has 2 aromatic carbocycles. The van der Waals surface area contributed by atoms with Crippen LogP contribution in [0.2, 0.25) is 0 Å². The Morgan fingerprint density at radius 3 is 2.37 bits per heavy atom. The Morgan fingerprint density at radius 1 is 1.04 bits per heavy atom. The van der Waals surface area contributed by atoms with E-state index >= 15 is 0 Å². The minimum atomic E-state index is -0.231. The summed E-state index contributed by atoms with van der Waals surface area (Å²) in [6.07, 6.45) is 0.785. The number of hydrogen-bond acceptors (Lipinski definition) is 4. The van der Waals surface area contributed by atoms with E-state index in [1.807, 2.05) is 43.3 Å². The predicted octanol–water partition coefficient (Wildman–Crippen LogP) is 2.94. The van der Waals surface area contributed by atoms with Crippen molar-refractivity contribution in [3.8, 4) is 11.5 Å². The van der Waals surface area contributed by atoms with E-state index in [1.54, 1.807) is 20.3 Å². The van der Waals surface area contributed by atoms with Crippen molar-refractivity contribution in [2.75, 3.05) is 25.7 Å². The number of aryl methyl sites for hydroxylation is 1. The summed E-state index contributed by atoms with van der Waals surface area (Å²) >= 11 is 0. The average Bonchev–Trinajstić information content (AvgIpc) is 2.69. The molecule has 0 spiro atoms. The van der Waals surface area contributed by atoms with Gasteiger partial charge < -0.3 is 19.7 Å². The molecule has 0 saturated carbocycles. The molecule has 0 saturated heterocycles. The smallest absolute Gasteiger partial charge is 0.240 e. The van der Waals surface area contributed by atoms with Crippen LogP contribution in [-0.2, 0) is 22.6 Å². The summed E-state index contributed by atoms with van der Waals surface area (Å²) in [5.41, 5.74) is 2.68. The van der Waals surface area contributed by atoms with Crippen LogP contribution in [0, 0.1) is 0 Å². The second-order valence-corrected chi connectivity index (χ2v) is 6.05.